The summed E-state index contributed by atoms with van der Waals surface area (Å²) in [5.74, 6) is -1.07. The predicted octanol–water partition coefficient (Wildman–Crippen LogP) is 1.82. The van der Waals surface area contributed by atoms with Gasteiger partial charge in [0.1, 0.15) is 5.82 Å². The predicted molar refractivity (Wildman–Crippen MR) is 88.7 cm³/mol. The van der Waals surface area contributed by atoms with Crippen molar-refractivity contribution in [3.63, 3.8) is 0 Å². The summed E-state index contributed by atoms with van der Waals surface area (Å²) in [5.41, 5.74) is 0.553. The lowest BCUT2D eigenvalue weighted by Gasteiger charge is -2.18. The summed E-state index contributed by atoms with van der Waals surface area (Å²) in [6.45, 7) is 1.03. The van der Waals surface area contributed by atoms with E-state index in [1.54, 1.807) is 0 Å². The van der Waals surface area contributed by atoms with Crippen molar-refractivity contribution in [1.29, 1.82) is 0 Å². The first-order valence-electron chi connectivity index (χ1n) is 7.04. The molecule has 0 saturated carbocycles. The third kappa shape index (κ3) is 4.55. The van der Waals surface area contributed by atoms with Crippen molar-refractivity contribution < 1.29 is 17.9 Å². The number of hydrogen-bond acceptors (Lipinski definition) is 4. The Morgan fingerprint density at radius 1 is 1.30 bits per heavy atom. The van der Waals surface area contributed by atoms with E-state index in [0.29, 0.717) is 30.2 Å². The summed E-state index contributed by atoms with van der Waals surface area (Å²) in [6.07, 6.45) is -0.749. The second-order valence-electron chi connectivity index (χ2n) is 5.94. The minimum atomic E-state index is -3.39. The standard InChI is InChI=1S/C14H19Cl2FN2O3S/c1-18(2)23(21,22)8-10-6-19(7-14(10)20)5-9-3-13(17)12(16)4-11(9)15/h3-4,10,14,20H,5-8H2,1-2H3/t10-,14-/m0/s1. The van der Waals surface area contributed by atoms with Crippen LogP contribution in [0.2, 0.25) is 10.0 Å². The van der Waals surface area contributed by atoms with Gasteiger partial charge in [0.05, 0.1) is 16.9 Å². The fourth-order valence-corrected chi connectivity index (χ4v) is 4.19. The second-order valence-corrected chi connectivity index (χ2v) is 8.98. The number of halogens is 3. The molecule has 130 valence electrons. The van der Waals surface area contributed by atoms with Crippen LogP contribution in [-0.2, 0) is 16.6 Å². The van der Waals surface area contributed by atoms with E-state index >= 15 is 0 Å². The molecule has 1 aliphatic heterocycles. The van der Waals surface area contributed by atoms with E-state index in [1.165, 1.54) is 26.2 Å². The quantitative estimate of drug-likeness (QED) is 0.786. The maximum atomic E-state index is 13.6. The molecule has 0 bridgehead atoms. The Morgan fingerprint density at radius 3 is 2.57 bits per heavy atom. The van der Waals surface area contributed by atoms with Crippen molar-refractivity contribution >= 4 is 33.2 Å². The molecule has 1 aromatic rings. The molecule has 23 heavy (non-hydrogen) atoms. The number of likely N-dealkylation sites (tertiary alicyclic amines) is 1. The van der Waals surface area contributed by atoms with Crippen LogP contribution in [0.3, 0.4) is 0 Å². The molecule has 1 saturated heterocycles. The molecule has 1 aliphatic rings. The minimum Gasteiger partial charge on any atom is -0.391 e. The fourth-order valence-electron chi connectivity index (χ4n) is 2.58. The van der Waals surface area contributed by atoms with Crippen LogP contribution in [0, 0.1) is 11.7 Å². The number of aliphatic hydroxyl groups excluding tert-OH is 1. The van der Waals surface area contributed by atoms with Gasteiger partial charge in [0.15, 0.2) is 0 Å². The van der Waals surface area contributed by atoms with Crippen LogP contribution in [0.5, 0.6) is 0 Å². The van der Waals surface area contributed by atoms with Crippen molar-refractivity contribution in [2.24, 2.45) is 5.92 Å². The molecule has 0 spiro atoms. The Hall–Kier alpha value is -0.440. The number of nitrogens with zero attached hydrogens (tertiary/aromatic N) is 2. The zero-order valence-electron chi connectivity index (χ0n) is 12.8. The lowest BCUT2D eigenvalue weighted by molar-refractivity contribution is 0.148. The third-order valence-corrected chi connectivity index (χ3v) is 6.55. The van der Waals surface area contributed by atoms with Gasteiger partial charge in [-0.2, -0.15) is 0 Å². The molecule has 2 atom stereocenters. The molecule has 1 fully saturated rings. The van der Waals surface area contributed by atoms with Gasteiger partial charge in [-0.3, -0.25) is 4.90 Å². The molecule has 9 heteroatoms. The van der Waals surface area contributed by atoms with Gasteiger partial charge in [0.2, 0.25) is 10.0 Å². The topological polar surface area (TPSA) is 60.9 Å². The summed E-state index contributed by atoms with van der Waals surface area (Å²) in [6, 6.07) is 2.61. The maximum Gasteiger partial charge on any atom is 0.214 e. The number of rotatable bonds is 5. The van der Waals surface area contributed by atoms with Gasteiger partial charge in [-0.1, -0.05) is 23.2 Å². The van der Waals surface area contributed by atoms with Crippen molar-refractivity contribution in [2.45, 2.75) is 12.6 Å². The van der Waals surface area contributed by atoms with Crippen molar-refractivity contribution in [3.8, 4) is 0 Å². The van der Waals surface area contributed by atoms with Gasteiger partial charge in [-0.05, 0) is 17.7 Å². The lowest BCUT2D eigenvalue weighted by atomic mass is 10.1. The molecule has 1 N–H and O–H groups in total. The maximum absolute atomic E-state index is 13.6. The van der Waals surface area contributed by atoms with Crippen LogP contribution in [-0.4, -0.2) is 61.8 Å². The van der Waals surface area contributed by atoms with Crippen LogP contribution in [0.15, 0.2) is 12.1 Å². The highest BCUT2D eigenvalue weighted by molar-refractivity contribution is 7.89. The Labute approximate surface area is 145 Å². The second kappa shape index (κ2) is 7.21. The number of benzene rings is 1. The van der Waals surface area contributed by atoms with Crippen LogP contribution >= 0.6 is 23.2 Å². The van der Waals surface area contributed by atoms with Crippen LogP contribution in [0.25, 0.3) is 0 Å². The highest BCUT2D eigenvalue weighted by atomic mass is 35.5. The van der Waals surface area contributed by atoms with E-state index < -0.39 is 27.9 Å². The fraction of sp³-hybridized carbons (Fsp3) is 0.571. The van der Waals surface area contributed by atoms with E-state index in [2.05, 4.69) is 0 Å². The number of β-amino-alcohol motifs (C(OH)–C–C–N with tert-alkyl or cyclic N) is 1. The molecule has 1 aromatic carbocycles. The van der Waals surface area contributed by atoms with Crippen LogP contribution < -0.4 is 0 Å². The zero-order chi connectivity index (χ0) is 17.4. The molecular weight excluding hydrogens is 366 g/mol. The van der Waals surface area contributed by atoms with Crippen LogP contribution in [0.1, 0.15) is 5.56 Å². The summed E-state index contributed by atoms with van der Waals surface area (Å²) >= 11 is 11.7. The third-order valence-electron chi connectivity index (χ3n) is 3.95. The first-order valence-corrected chi connectivity index (χ1v) is 9.40. The average molecular weight is 385 g/mol. The highest BCUT2D eigenvalue weighted by Gasteiger charge is 2.35. The highest BCUT2D eigenvalue weighted by Crippen LogP contribution is 2.28. The monoisotopic (exact) mass is 384 g/mol. The minimum absolute atomic E-state index is 0.0461. The summed E-state index contributed by atoms with van der Waals surface area (Å²) < 4.78 is 38.6. The van der Waals surface area contributed by atoms with Gasteiger partial charge >= 0.3 is 0 Å². The van der Waals surface area contributed by atoms with Gasteiger partial charge in [0.25, 0.3) is 0 Å². The molecule has 1 heterocycles. The number of aliphatic hydroxyl groups is 1. The lowest BCUT2D eigenvalue weighted by Crippen LogP contribution is -2.33. The zero-order valence-corrected chi connectivity index (χ0v) is 15.2. The summed E-state index contributed by atoms with van der Waals surface area (Å²) in [4.78, 5) is 1.86. The largest absolute Gasteiger partial charge is 0.391 e. The van der Waals surface area contributed by atoms with E-state index in [-0.39, 0.29) is 10.8 Å². The summed E-state index contributed by atoms with van der Waals surface area (Å²) in [5, 5.41) is 10.4. The van der Waals surface area contributed by atoms with Crippen molar-refractivity contribution in [2.75, 3.05) is 32.9 Å². The normalized spacial score (nSPS) is 22.9. The molecule has 0 amide bonds. The SMILES string of the molecule is CN(C)S(=O)(=O)C[C@@H]1CN(Cc2cc(F)c(Cl)cc2Cl)C[C@@H]1O. The Balaban J connectivity index is 2.06. The Morgan fingerprint density at radius 2 is 1.96 bits per heavy atom. The molecular formula is C14H19Cl2FN2O3S. The molecule has 0 aromatic heterocycles. The first-order chi connectivity index (χ1) is 10.6. The van der Waals surface area contributed by atoms with E-state index in [1.807, 2.05) is 4.90 Å². The Bertz CT molecular complexity index is 685. The molecule has 5 nitrogen and oxygen atoms in total. The molecule has 2 rings (SSSR count). The Kier molecular flexibility index (Phi) is 5.92. The van der Waals surface area contributed by atoms with E-state index in [0.717, 1.165) is 4.31 Å². The van der Waals surface area contributed by atoms with Gasteiger partial charge in [-0.25, -0.2) is 17.1 Å². The summed E-state index contributed by atoms with van der Waals surface area (Å²) in [7, 11) is -0.462. The van der Waals surface area contributed by atoms with Crippen molar-refractivity contribution in [3.05, 3.63) is 33.6 Å². The molecule has 0 unspecified atom stereocenters. The average Bonchev–Trinajstić information content (AvgIpc) is 2.75. The van der Waals surface area contributed by atoms with E-state index in [4.69, 9.17) is 23.2 Å². The van der Waals surface area contributed by atoms with Gasteiger partial charge in [0, 0.05) is 44.7 Å². The number of sulfonamides is 1. The first kappa shape index (κ1) is 18.9. The van der Waals surface area contributed by atoms with Gasteiger partial charge < -0.3 is 5.11 Å². The molecule has 0 aliphatic carbocycles. The van der Waals surface area contributed by atoms with E-state index in [9.17, 15) is 17.9 Å². The van der Waals surface area contributed by atoms with Crippen LogP contribution in [0.4, 0.5) is 4.39 Å². The number of hydrogen-bond donors (Lipinski definition) is 1. The smallest absolute Gasteiger partial charge is 0.214 e. The molecule has 0 radical (unpaired) electrons. The van der Waals surface area contributed by atoms with Gasteiger partial charge in [-0.15, -0.1) is 0 Å². The van der Waals surface area contributed by atoms with Crippen molar-refractivity contribution in [1.82, 2.24) is 9.21 Å².